The monoisotopic (exact) mass is 612 g/mol. The Hall–Kier alpha value is -3.67. The van der Waals surface area contributed by atoms with Crippen molar-refractivity contribution < 1.29 is 34.5 Å². The number of allylic oxidation sites excluding steroid dienone is 2. The smallest absolute Gasteiger partial charge is 0.174 e. The number of rotatable bonds is 1. The molecular formula is C26H19IrN4O2-. The molecule has 0 atom stereocenters. The number of ketones is 1. The molecule has 0 unspecified atom stereocenters. The van der Waals surface area contributed by atoms with Gasteiger partial charge in [-0.15, -0.1) is 5.39 Å². The Morgan fingerprint density at radius 2 is 1.64 bits per heavy atom. The van der Waals surface area contributed by atoms with Crippen LogP contribution >= 0.6 is 0 Å². The zero-order valence-corrected chi connectivity index (χ0v) is 20.3. The summed E-state index contributed by atoms with van der Waals surface area (Å²) < 4.78 is 4.05. The van der Waals surface area contributed by atoms with Gasteiger partial charge in [-0.2, -0.15) is 28.8 Å². The Morgan fingerprint density at radius 1 is 0.970 bits per heavy atom. The fourth-order valence-corrected chi connectivity index (χ4v) is 3.84. The van der Waals surface area contributed by atoms with Gasteiger partial charge in [-0.3, -0.25) is 14.8 Å². The number of carbonyl (C=O) groups is 1. The van der Waals surface area contributed by atoms with Crippen LogP contribution in [0.2, 0.25) is 0 Å². The largest absolute Gasteiger partial charge is 0.512 e. The van der Waals surface area contributed by atoms with Crippen molar-refractivity contribution in [3.63, 3.8) is 0 Å². The Balaban J connectivity index is 0.000000287. The number of benzene rings is 3. The Kier molecular flexibility index (Phi) is 6.18. The van der Waals surface area contributed by atoms with Crippen LogP contribution in [0.15, 0.2) is 78.6 Å². The maximum absolute atomic E-state index is 10.0. The van der Waals surface area contributed by atoms with Crippen LogP contribution in [0, 0.1) is 12.3 Å². The first kappa shape index (κ1) is 22.5. The fraction of sp³-hybridized carbons (Fsp3) is 0.0769. The molecule has 6 nitrogen and oxygen atoms in total. The minimum atomic E-state index is -0.125. The zero-order valence-electron chi connectivity index (χ0n) is 17.9. The van der Waals surface area contributed by atoms with Gasteiger partial charge in [0.1, 0.15) is 5.65 Å². The summed E-state index contributed by atoms with van der Waals surface area (Å²) in [7, 11) is 0. The molecule has 0 aliphatic rings. The van der Waals surface area contributed by atoms with E-state index in [4.69, 9.17) is 15.1 Å². The second-order valence-electron chi connectivity index (χ2n) is 7.47. The van der Waals surface area contributed by atoms with Crippen LogP contribution in [-0.2, 0) is 24.9 Å². The van der Waals surface area contributed by atoms with Crippen LogP contribution in [0.5, 0.6) is 0 Å². The molecular weight excluding hydrogens is 593 g/mol. The molecule has 0 fully saturated rings. The summed E-state index contributed by atoms with van der Waals surface area (Å²) in [6.45, 7) is 2.85. The topological polar surface area (TPSA) is 71.6 Å². The van der Waals surface area contributed by atoms with E-state index in [0.29, 0.717) is 0 Å². The average Bonchev–Trinajstić information content (AvgIpc) is 3.16. The maximum Gasteiger partial charge on any atom is 0.174 e. The van der Waals surface area contributed by atoms with Crippen molar-refractivity contribution in [2.24, 2.45) is 0 Å². The van der Waals surface area contributed by atoms with Gasteiger partial charge in [0.25, 0.3) is 0 Å². The first-order valence-corrected chi connectivity index (χ1v) is 10.1. The first-order valence-electron chi connectivity index (χ1n) is 10.1. The number of aliphatic hydroxyl groups excluding tert-OH is 1. The van der Waals surface area contributed by atoms with E-state index in [2.05, 4.69) is 41.0 Å². The normalized spacial score (nSPS) is 11.5. The van der Waals surface area contributed by atoms with Gasteiger partial charge in [0, 0.05) is 31.7 Å². The summed E-state index contributed by atoms with van der Waals surface area (Å²) in [5.74, 6) is -0.0625. The van der Waals surface area contributed by atoms with E-state index in [1.807, 2.05) is 47.0 Å². The van der Waals surface area contributed by atoms with Gasteiger partial charge in [-0.1, -0.05) is 35.7 Å². The molecule has 3 aromatic heterocycles. The average molecular weight is 612 g/mol. The summed E-state index contributed by atoms with van der Waals surface area (Å²) in [6.07, 6.45) is 4.55. The second-order valence-corrected chi connectivity index (χ2v) is 7.47. The number of aromatic nitrogens is 4. The molecule has 6 rings (SSSR count). The quantitative estimate of drug-likeness (QED) is 0.0974. The third-order valence-corrected chi connectivity index (χ3v) is 5.05. The number of para-hydroxylation sites is 4. The van der Waals surface area contributed by atoms with Gasteiger partial charge < -0.3 is 5.11 Å². The number of hydrogen-bond donors (Lipinski definition) is 1. The molecule has 33 heavy (non-hydrogen) atoms. The molecule has 0 bridgehead atoms. The predicted octanol–water partition coefficient (Wildman–Crippen LogP) is 4.56. The van der Waals surface area contributed by atoms with E-state index in [-0.39, 0.29) is 31.6 Å². The van der Waals surface area contributed by atoms with Crippen LogP contribution in [-0.4, -0.2) is 25.4 Å². The second kappa shape index (κ2) is 9.06. The summed E-state index contributed by atoms with van der Waals surface area (Å²) in [5.41, 5.74) is 5.34. The van der Waals surface area contributed by atoms with Crippen molar-refractivity contribution in [3.8, 4) is 0 Å². The molecule has 0 aliphatic carbocycles. The van der Waals surface area contributed by atoms with Gasteiger partial charge in [0.05, 0.1) is 27.8 Å². The molecule has 0 aliphatic heterocycles. The van der Waals surface area contributed by atoms with Gasteiger partial charge in [0.2, 0.25) is 0 Å². The van der Waals surface area contributed by atoms with Crippen molar-refractivity contribution in [2.75, 3.05) is 0 Å². The summed E-state index contributed by atoms with van der Waals surface area (Å²) in [5, 5.41) is 10.7. The van der Waals surface area contributed by atoms with Crippen LogP contribution in [0.25, 0.3) is 44.0 Å². The zero-order chi connectivity index (χ0) is 22.2. The Bertz CT molecular complexity index is 1680. The third-order valence-electron chi connectivity index (χ3n) is 5.05. The van der Waals surface area contributed by atoms with Gasteiger partial charge >= 0.3 is 0 Å². The SMILES string of the molecule is CC(=O)C=C(C)O.[Ir].[c-]1cccc2c3ccccc3n3c4nc5ccccc5nc4[c-][n+]3c12. The molecule has 165 valence electrons. The van der Waals surface area contributed by atoms with Gasteiger partial charge in [0.15, 0.2) is 12.0 Å². The molecule has 1 N–H and O–H groups in total. The van der Waals surface area contributed by atoms with E-state index in [1.165, 1.54) is 19.9 Å². The van der Waals surface area contributed by atoms with Gasteiger partial charge in [-0.05, 0) is 32.0 Å². The number of nitrogens with zero attached hydrogens (tertiary/aromatic N) is 4. The van der Waals surface area contributed by atoms with Crippen LogP contribution in [0.1, 0.15) is 13.8 Å². The van der Waals surface area contributed by atoms with Crippen molar-refractivity contribution in [3.05, 3.63) is 90.8 Å². The molecule has 0 saturated carbocycles. The minimum Gasteiger partial charge on any atom is -0.512 e. The molecule has 0 amide bonds. The van der Waals surface area contributed by atoms with E-state index in [1.54, 1.807) is 0 Å². The van der Waals surface area contributed by atoms with Crippen LogP contribution in [0.3, 0.4) is 0 Å². The molecule has 0 saturated heterocycles. The van der Waals surface area contributed by atoms with Crippen molar-refractivity contribution in [2.45, 2.75) is 13.8 Å². The summed E-state index contributed by atoms with van der Waals surface area (Å²) in [4.78, 5) is 19.6. The predicted molar refractivity (Wildman–Crippen MR) is 123 cm³/mol. The fourth-order valence-electron chi connectivity index (χ4n) is 3.84. The van der Waals surface area contributed by atoms with Crippen molar-refractivity contribution in [1.82, 2.24) is 14.5 Å². The molecule has 3 aromatic carbocycles. The number of carbonyl (C=O) groups excluding carboxylic acids is 1. The third kappa shape index (κ3) is 4.09. The number of hydrogen-bond acceptors (Lipinski definition) is 4. The standard InChI is InChI=1S/C21H11N4.C5H8O2.Ir/c1-5-11-19-14(7-1)15-8-2-6-12-20(15)25-21-18(13-24(19)25)22-16-9-3-4-10-17(16)23-21;1-4(6)3-5(2)7;/h1-10,12H;3,6H,1-2H3;/q-1;;. The number of fused-ring (bicyclic) bond motifs is 9. The summed E-state index contributed by atoms with van der Waals surface area (Å²) in [6, 6.07) is 25.7. The van der Waals surface area contributed by atoms with Crippen molar-refractivity contribution >= 4 is 49.8 Å². The van der Waals surface area contributed by atoms with E-state index < -0.39 is 0 Å². The van der Waals surface area contributed by atoms with Crippen molar-refractivity contribution in [1.29, 1.82) is 0 Å². The van der Waals surface area contributed by atoms with Crippen LogP contribution < -0.4 is 4.52 Å². The minimum absolute atomic E-state index is 0. The first-order chi connectivity index (χ1) is 15.5. The number of aliphatic hydroxyl groups is 1. The van der Waals surface area contributed by atoms with E-state index in [9.17, 15) is 4.79 Å². The molecule has 7 heteroatoms. The van der Waals surface area contributed by atoms with E-state index in [0.717, 1.165) is 44.0 Å². The Labute approximate surface area is 203 Å². The van der Waals surface area contributed by atoms with Crippen LogP contribution in [0.4, 0.5) is 0 Å². The molecule has 6 aromatic rings. The maximum atomic E-state index is 10.0. The summed E-state index contributed by atoms with van der Waals surface area (Å²) >= 11 is 0. The van der Waals surface area contributed by atoms with E-state index >= 15 is 0 Å². The van der Waals surface area contributed by atoms with Gasteiger partial charge in [-0.25, -0.2) is 4.52 Å². The molecule has 3 heterocycles. The molecule has 1 radical (unpaired) electrons. The Morgan fingerprint density at radius 3 is 2.33 bits per heavy atom. The molecule has 0 spiro atoms.